The van der Waals surface area contributed by atoms with Gasteiger partial charge in [0.25, 0.3) is 5.91 Å². The average Bonchev–Trinajstić information content (AvgIpc) is 3.29. The van der Waals surface area contributed by atoms with E-state index in [9.17, 15) is 4.79 Å². The predicted octanol–water partition coefficient (Wildman–Crippen LogP) is 4.48. The molecule has 1 amide bonds. The van der Waals surface area contributed by atoms with Crippen LogP contribution in [0.4, 0.5) is 0 Å². The van der Waals surface area contributed by atoms with E-state index in [-0.39, 0.29) is 11.5 Å². The largest absolute Gasteiger partial charge is 0.487 e. The zero-order valence-electron chi connectivity index (χ0n) is 15.9. The molecule has 1 spiro atoms. The van der Waals surface area contributed by atoms with Crippen LogP contribution < -0.4 is 4.74 Å². The van der Waals surface area contributed by atoms with E-state index in [1.807, 2.05) is 64.3 Å². The van der Waals surface area contributed by atoms with E-state index < -0.39 is 0 Å². The number of likely N-dealkylation sites (tertiary alicyclic amines) is 1. The third kappa shape index (κ3) is 3.09. The second-order valence-corrected chi connectivity index (χ2v) is 7.82. The number of carbonyl (C=O) groups is 1. The summed E-state index contributed by atoms with van der Waals surface area (Å²) >= 11 is 0. The Morgan fingerprint density at radius 3 is 2.32 bits per heavy atom. The van der Waals surface area contributed by atoms with E-state index in [1.54, 1.807) is 0 Å². The Morgan fingerprint density at radius 2 is 1.57 bits per heavy atom. The number of benzene rings is 2. The maximum atomic E-state index is 12.9. The number of carbonyl (C=O) groups excluding carboxylic acids is 1. The molecule has 0 saturated carbocycles. The van der Waals surface area contributed by atoms with E-state index in [0.29, 0.717) is 0 Å². The van der Waals surface area contributed by atoms with Gasteiger partial charge in [-0.05, 0) is 60.9 Å². The molecule has 2 aliphatic heterocycles. The average molecular weight is 372 g/mol. The molecule has 0 N–H and O–H groups in total. The zero-order chi connectivity index (χ0) is 19.0. The maximum Gasteiger partial charge on any atom is 0.253 e. The quantitative estimate of drug-likeness (QED) is 0.665. The minimum atomic E-state index is -0.108. The van der Waals surface area contributed by atoms with Crippen molar-refractivity contribution in [3.05, 3.63) is 84.2 Å². The van der Waals surface area contributed by atoms with Gasteiger partial charge in [0, 0.05) is 49.6 Å². The lowest BCUT2D eigenvalue weighted by Crippen LogP contribution is -2.51. The van der Waals surface area contributed by atoms with Gasteiger partial charge in [-0.15, -0.1) is 0 Å². The second-order valence-electron chi connectivity index (χ2n) is 7.82. The lowest BCUT2D eigenvalue weighted by molar-refractivity contribution is -0.0106. The van der Waals surface area contributed by atoms with Gasteiger partial charge in [-0.2, -0.15) is 0 Å². The van der Waals surface area contributed by atoms with E-state index in [1.165, 1.54) is 5.56 Å². The first kappa shape index (κ1) is 17.1. The molecule has 142 valence electrons. The van der Waals surface area contributed by atoms with Crippen molar-refractivity contribution in [2.75, 3.05) is 13.1 Å². The number of rotatable bonds is 2. The highest BCUT2D eigenvalue weighted by Crippen LogP contribution is 2.39. The summed E-state index contributed by atoms with van der Waals surface area (Å²) in [6, 6.07) is 20.2. The first-order valence-corrected chi connectivity index (χ1v) is 10.0. The number of nitrogens with zero attached hydrogens (tertiary/aromatic N) is 2. The van der Waals surface area contributed by atoms with Gasteiger partial charge in [-0.3, -0.25) is 4.79 Å². The zero-order valence-corrected chi connectivity index (χ0v) is 15.9. The van der Waals surface area contributed by atoms with Gasteiger partial charge in [0.05, 0.1) is 0 Å². The van der Waals surface area contributed by atoms with Crippen molar-refractivity contribution in [1.29, 1.82) is 0 Å². The Hall–Kier alpha value is -3.01. The number of aryl methyl sites for hydroxylation is 1. The highest BCUT2D eigenvalue weighted by Gasteiger charge is 2.40. The number of para-hydroxylation sites is 1. The third-order valence-electron chi connectivity index (χ3n) is 6.13. The summed E-state index contributed by atoms with van der Waals surface area (Å²) < 4.78 is 8.45. The number of fused-ring (bicyclic) bond motifs is 1. The summed E-state index contributed by atoms with van der Waals surface area (Å²) in [6.45, 7) is 1.50. The fourth-order valence-electron chi connectivity index (χ4n) is 4.39. The maximum absolute atomic E-state index is 12.9. The lowest BCUT2D eigenvalue weighted by Gasteiger charge is -2.44. The normalized spacial score (nSPS) is 17.8. The van der Waals surface area contributed by atoms with Gasteiger partial charge in [0.1, 0.15) is 11.4 Å². The van der Waals surface area contributed by atoms with Crippen molar-refractivity contribution in [3.8, 4) is 11.4 Å². The van der Waals surface area contributed by atoms with Crippen LogP contribution in [0.1, 0.15) is 35.2 Å². The molecule has 4 heteroatoms. The molecule has 1 fully saturated rings. The van der Waals surface area contributed by atoms with Crippen molar-refractivity contribution in [2.45, 2.75) is 31.3 Å². The van der Waals surface area contributed by atoms with Crippen molar-refractivity contribution in [3.63, 3.8) is 0 Å². The molecule has 5 rings (SSSR count). The Balaban J connectivity index is 1.25. The number of aromatic nitrogens is 1. The van der Waals surface area contributed by atoms with Gasteiger partial charge in [0.2, 0.25) is 0 Å². The highest BCUT2D eigenvalue weighted by atomic mass is 16.5. The molecule has 0 radical (unpaired) electrons. The van der Waals surface area contributed by atoms with Gasteiger partial charge in [0.15, 0.2) is 0 Å². The Morgan fingerprint density at radius 1 is 0.857 bits per heavy atom. The Labute approximate surface area is 165 Å². The van der Waals surface area contributed by atoms with Crippen LogP contribution >= 0.6 is 0 Å². The molecule has 2 aliphatic rings. The summed E-state index contributed by atoms with van der Waals surface area (Å²) in [7, 11) is 0. The minimum Gasteiger partial charge on any atom is -0.487 e. The number of amides is 1. The highest BCUT2D eigenvalue weighted by molar-refractivity contribution is 5.94. The summed E-state index contributed by atoms with van der Waals surface area (Å²) in [6.07, 6.45) is 7.90. The van der Waals surface area contributed by atoms with Crippen LogP contribution in [0.3, 0.4) is 0 Å². The van der Waals surface area contributed by atoms with Crippen molar-refractivity contribution < 1.29 is 9.53 Å². The molecule has 1 aromatic heterocycles. The van der Waals surface area contributed by atoms with E-state index >= 15 is 0 Å². The molecule has 4 nitrogen and oxygen atoms in total. The van der Waals surface area contributed by atoms with Crippen LogP contribution in [-0.2, 0) is 6.42 Å². The summed E-state index contributed by atoms with van der Waals surface area (Å²) in [5.74, 6) is 1.14. The second kappa shape index (κ2) is 6.86. The summed E-state index contributed by atoms with van der Waals surface area (Å²) in [4.78, 5) is 14.9. The molecular formula is C24H24N2O2. The van der Waals surface area contributed by atoms with Gasteiger partial charge < -0.3 is 14.2 Å². The molecule has 1 saturated heterocycles. The predicted molar refractivity (Wildman–Crippen MR) is 109 cm³/mol. The van der Waals surface area contributed by atoms with Crippen LogP contribution in [0.5, 0.6) is 5.75 Å². The fourth-order valence-corrected chi connectivity index (χ4v) is 4.39. The van der Waals surface area contributed by atoms with Crippen LogP contribution in [0.25, 0.3) is 5.69 Å². The standard InChI is InChI=1S/C24H24N2O2/c27-23(20-7-9-21(10-8-20)25-15-3-4-16-25)26-17-13-24(14-18-26)12-11-19-5-1-2-6-22(19)28-24/h1-10,15-16H,11-14,17-18H2. The Kier molecular flexibility index (Phi) is 4.19. The van der Waals surface area contributed by atoms with Crippen molar-refractivity contribution >= 4 is 5.91 Å². The van der Waals surface area contributed by atoms with Gasteiger partial charge in [-0.1, -0.05) is 18.2 Å². The van der Waals surface area contributed by atoms with Gasteiger partial charge >= 0.3 is 0 Å². The van der Waals surface area contributed by atoms with Crippen molar-refractivity contribution in [1.82, 2.24) is 9.47 Å². The molecule has 2 aromatic carbocycles. The number of piperidine rings is 1. The van der Waals surface area contributed by atoms with Crippen LogP contribution in [0.15, 0.2) is 73.1 Å². The molecule has 3 heterocycles. The van der Waals surface area contributed by atoms with Crippen LogP contribution in [0, 0.1) is 0 Å². The number of hydrogen-bond acceptors (Lipinski definition) is 2. The molecule has 0 unspecified atom stereocenters. The smallest absolute Gasteiger partial charge is 0.253 e. The van der Waals surface area contributed by atoms with E-state index in [2.05, 4.69) is 18.2 Å². The minimum absolute atomic E-state index is 0.108. The topological polar surface area (TPSA) is 34.5 Å². The Bertz CT molecular complexity index is 968. The third-order valence-corrected chi connectivity index (χ3v) is 6.13. The number of ether oxygens (including phenoxy) is 1. The van der Waals surface area contributed by atoms with Gasteiger partial charge in [-0.25, -0.2) is 0 Å². The molecule has 3 aromatic rings. The summed E-state index contributed by atoms with van der Waals surface area (Å²) in [5.41, 5.74) is 3.01. The first-order valence-electron chi connectivity index (χ1n) is 10.0. The van der Waals surface area contributed by atoms with Crippen LogP contribution in [0.2, 0.25) is 0 Å². The molecule has 0 bridgehead atoms. The van der Waals surface area contributed by atoms with E-state index in [4.69, 9.17) is 4.74 Å². The SMILES string of the molecule is O=C(c1ccc(-n2cccc2)cc1)N1CCC2(CCc3ccccc3O2)CC1. The summed E-state index contributed by atoms with van der Waals surface area (Å²) in [5, 5.41) is 0. The lowest BCUT2D eigenvalue weighted by atomic mass is 9.83. The molecule has 28 heavy (non-hydrogen) atoms. The van der Waals surface area contributed by atoms with E-state index in [0.717, 1.165) is 55.8 Å². The number of hydrogen-bond donors (Lipinski definition) is 0. The fraction of sp³-hybridized carbons (Fsp3) is 0.292. The molecular weight excluding hydrogens is 348 g/mol. The first-order chi connectivity index (χ1) is 13.7. The monoisotopic (exact) mass is 372 g/mol. The molecule has 0 atom stereocenters. The van der Waals surface area contributed by atoms with Crippen molar-refractivity contribution in [2.24, 2.45) is 0 Å². The van der Waals surface area contributed by atoms with Crippen LogP contribution in [-0.4, -0.2) is 34.1 Å². The molecule has 0 aliphatic carbocycles.